The molecule has 1 fully saturated rings. The van der Waals surface area contributed by atoms with E-state index in [2.05, 4.69) is 35.1 Å². The van der Waals surface area contributed by atoms with E-state index < -0.39 is 53.2 Å². The van der Waals surface area contributed by atoms with E-state index in [1.165, 1.54) is 0 Å². The molecule has 24 heavy (non-hydrogen) atoms. The number of carbonyl (C=O) groups is 3. The molecule has 1 aliphatic rings. The molecule has 0 aliphatic heterocycles. The van der Waals surface area contributed by atoms with Crippen LogP contribution in [0.4, 0.5) is 0 Å². The van der Waals surface area contributed by atoms with Gasteiger partial charge < -0.3 is 0 Å². The molecule has 0 aromatic heterocycles. The van der Waals surface area contributed by atoms with Crippen LogP contribution >= 0.6 is 0 Å². The summed E-state index contributed by atoms with van der Waals surface area (Å²) in [6.45, 7) is 10.0. The van der Waals surface area contributed by atoms with Crippen molar-refractivity contribution >= 4 is 17.3 Å². The zero-order chi connectivity index (χ0) is 18.6. The van der Waals surface area contributed by atoms with Crippen molar-refractivity contribution < 1.29 is 14.4 Å². The first-order valence-electron chi connectivity index (χ1n) is 6.92. The van der Waals surface area contributed by atoms with Gasteiger partial charge in [0, 0.05) is 19.3 Å². The lowest BCUT2D eigenvalue weighted by molar-refractivity contribution is -0.132. The van der Waals surface area contributed by atoms with Crippen LogP contribution in [0.5, 0.6) is 0 Å². The van der Waals surface area contributed by atoms with Crippen LogP contribution in [0.25, 0.3) is 0 Å². The van der Waals surface area contributed by atoms with Crippen molar-refractivity contribution in [2.75, 3.05) is 0 Å². The van der Waals surface area contributed by atoms with Crippen molar-refractivity contribution in [2.45, 2.75) is 35.9 Å². The maximum Gasteiger partial charge on any atom is 0.184 e. The van der Waals surface area contributed by atoms with Gasteiger partial charge in [-0.15, -0.1) is 0 Å². The fourth-order valence-electron chi connectivity index (χ4n) is 3.13. The van der Waals surface area contributed by atoms with Crippen LogP contribution in [-0.2, 0) is 14.4 Å². The maximum atomic E-state index is 12.3. The minimum absolute atomic E-state index is 0.398. The second-order valence-corrected chi connectivity index (χ2v) is 5.67. The van der Waals surface area contributed by atoms with Gasteiger partial charge >= 0.3 is 0 Å². The van der Waals surface area contributed by atoms with E-state index in [1.807, 2.05) is 0 Å². The van der Waals surface area contributed by atoms with Crippen molar-refractivity contribution in [3.8, 4) is 0 Å². The van der Waals surface area contributed by atoms with Gasteiger partial charge in [-0.2, -0.15) is 15.3 Å². The smallest absolute Gasteiger partial charge is 0.184 e. The average molecular weight is 330 g/mol. The molecule has 126 valence electrons. The molecule has 9 nitrogen and oxygen atoms in total. The van der Waals surface area contributed by atoms with Gasteiger partial charge in [-0.05, 0) is 18.2 Å². The molecule has 0 unspecified atom stereocenters. The normalized spacial score (nSPS) is 32.0. The van der Waals surface area contributed by atoms with Gasteiger partial charge in [-0.1, -0.05) is 19.7 Å². The molecule has 0 amide bonds. The zero-order valence-electron chi connectivity index (χ0n) is 13.0. The number of hydrogen-bond acceptors (Lipinski definition) is 9. The molecular weight excluding hydrogens is 312 g/mol. The van der Waals surface area contributed by atoms with Crippen LogP contribution in [0, 0.1) is 16.6 Å². The third-order valence-corrected chi connectivity index (χ3v) is 4.33. The Morgan fingerprint density at radius 1 is 0.667 bits per heavy atom. The second kappa shape index (κ2) is 6.65. The van der Waals surface area contributed by atoms with Gasteiger partial charge in [0.25, 0.3) is 0 Å². The summed E-state index contributed by atoms with van der Waals surface area (Å²) in [6.07, 6.45) is 1.57. The van der Waals surface area contributed by atoms with E-state index in [4.69, 9.17) is 16.6 Å². The number of nitrogens with one attached hydrogen (secondary N) is 3. The van der Waals surface area contributed by atoms with E-state index in [1.54, 1.807) is 0 Å². The average Bonchev–Trinajstić information content (AvgIpc) is 2.64. The van der Waals surface area contributed by atoms with Gasteiger partial charge in [0.05, 0.1) is 0 Å². The van der Waals surface area contributed by atoms with Crippen LogP contribution in [0.3, 0.4) is 0 Å². The Hall–Kier alpha value is -2.97. The van der Waals surface area contributed by atoms with E-state index in [-0.39, 0.29) is 0 Å². The molecule has 9 heteroatoms. The largest absolute Gasteiger partial charge is 0.292 e. The van der Waals surface area contributed by atoms with Crippen molar-refractivity contribution in [1.29, 1.82) is 16.6 Å². The minimum atomic E-state index is -1.87. The Bertz CT molecular complexity index is 570. The molecule has 1 saturated carbocycles. The molecule has 1 rings (SSSR count). The number of carbonyl (C=O) groups excluding carboxylic acids is 3. The summed E-state index contributed by atoms with van der Waals surface area (Å²) in [5.74, 6) is -2.15. The highest BCUT2D eigenvalue weighted by Gasteiger charge is 2.62. The topological polar surface area (TPSA) is 160 Å². The lowest BCUT2D eigenvalue weighted by atomic mass is 9.60. The monoisotopic (exact) mass is 330 g/mol. The number of ketones is 3. The van der Waals surface area contributed by atoms with Crippen LogP contribution in [0.1, 0.15) is 19.3 Å². The predicted molar refractivity (Wildman–Crippen MR) is 83.1 cm³/mol. The van der Waals surface area contributed by atoms with Gasteiger partial charge in [-0.25, -0.2) is 16.6 Å². The summed E-state index contributed by atoms with van der Waals surface area (Å²) >= 11 is 0. The predicted octanol–water partition coefficient (Wildman–Crippen LogP) is 2.74. The first-order valence-corrected chi connectivity index (χ1v) is 6.92. The number of hydrogen-bond donors (Lipinski definition) is 3. The molecule has 0 spiro atoms. The highest BCUT2D eigenvalue weighted by atomic mass is 16.1. The van der Waals surface area contributed by atoms with Crippen LogP contribution in [0.15, 0.2) is 53.3 Å². The molecule has 0 atom stereocenters. The van der Waals surface area contributed by atoms with Crippen LogP contribution in [-0.4, -0.2) is 34.0 Å². The Labute approximate surface area is 138 Å². The third-order valence-electron chi connectivity index (χ3n) is 4.33. The minimum Gasteiger partial charge on any atom is -0.292 e. The van der Waals surface area contributed by atoms with Crippen molar-refractivity contribution in [3.63, 3.8) is 0 Å². The highest BCUT2D eigenvalue weighted by Crippen LogP contribution is 2.48. The molecular formula is C15H18N6O3. The Kier molecular flexibility index (Phi) is 5.29. The Balaban J connectivity index is 3.76. The first-order chi connectivity index (χ1) is 11.2. The van der Waals surface area contributed by atoms with E-state index >= 15 is 0 Å². The molecule has 3 N–H and O–H groups in total. The summed E-state index contributed by atoms with van der Waals surface area (Å²) in [6, 6.07) is 0. The van der Waals surface area contributed by atoms with E-state index in [9.17, 15) is 14.4 Å². The number of nitrogens with zero attached hydrogens (tertiary/aromatic N) is 3. The van der Waals surface area contributed by atoms with E-state index in [0.29, 0.717) is 0 Å². The molecule has 1 aliphatic carbocycles. The summed E-state index contributed by atoms with van der Waals surface area (Å²) in [4.78, 5) is 37.0. The van der Waals surface area contributed by atoms with Gasteiger partial charge in [0.2, 0.25) is 0 Å². The standard InChI is InChI=1S/C15H18N6O3/c1-4-10(22)13(19-16)7-14(20-17,11(23)5-2)9-15(8-13,21-18)12(24)6-3/h4-6,16-18H,1-3,7-9H2. The van der Waals surface area contributed by atoms with Crippen LogP contribution < -0.4 is 0 Å². The first kappa shape index (κ1) is 19.1. The van der Waals surface area contributed by atoms with Crippen LogP contribution in [0.2, 0.25) is 0 Å². The maximum absolute atomic E-state index is 12.3. The number of rotatable bonds is 9. The lowest BCUT2D eigenvalue weighted by Crippen LogP contribution is -2.61. The van der Waals surface area contributed by atoms with Crippen molar-refractivity contribution in [2.24, 2.45) is 15.3 Å². The Morgan fingerprint density at radius 2 is 0.875 bits per heavy atom. The third kappa shape index (κ3) is 2.68. The summed E-state index contributed by atoms with van der Waals surface area (Å²) in [5.41, 5.74) is 16.8. The Morgan fingerprint density at radius 3 is 1.00 bits per heavy atom. The molecule has 0 aromatic rings. The fourth-order valence-corrected chi connectivity index (χ4v) is 3.13. The second-order valence-electron chi connectivity index (χ2n) is 5.67. The van der Waals surface area contributed by atoms with Gasteiger partial charge in [0.15, 0.2) is 17.3 Å². The quantitative estimate of drug-likeness (QED) is 0.438. The molecule has 0 radical (unpaired) electrons. The zero-order valence-corrected chi connectivity index (χ0v) is 13.0. The molecule has 0 aromatic carbocycles. The lowest BCUT2D eigenvalue weighted by Gasteiger charge is -2.46. The van der Waals surface area contributed by atoms with Gasteiger partial charge in [0.1, 0.15) is 16.6 Å². The SMILES string of the molecule is C=CC(=O)C1(N=N)CC(N=N)(C(=O)C=C)CC(N=N)(C(=O)C=C)C1. The molecule has 0 bridgehead atoms. The highest BCUT2D eigenvalue weighted by molar-refractivity contribution is 6.06. The van der Waals surface area contributed by atoms with Gasteiger partial charge in [-0.3, -0.25) is 14.4 Å². The molecule has 0 heterocycles. The summed E-state index contributed by atoms with van der Waals surface area (Å²) in [7, 11) is 0. The van der Waals surface area contributed by atoms with Crippen molar-refractivity contribution in [1.82, 2.24) is 0 Å². The summed E-state index contributed by atoms with van der Waals surface area (Å²) < 4.78 is 0. The van der Waals surface area contributed by atoms with Crippen molar-refractivity contribution in [3.05, 3.63) is 38.0 Å². The fraction of sp³-hybridized carbons (Fsp3) is 0.400. The molecule has 0 saturated heterocycles. The summed E-state index contributed by atoms with van der Waals surface area (Å²) in [5, 5.41) is 10.0. The van der Waals surface area contributed by atoms with E-state index in [0.717, 1.165) is 18.2 Å².